The van der Waals surface area contributed by atoms with Crippen LogP contribution in [0.5, 0.6) is 0 Å². The average molecular weight is 418 g/mol. The number of hydrogen-bond donors (Lipinski definition) is 2. The van der Waals surface area contributed by atoms with Crippen molar-refractivity contribution in [3.05, 3.63) is 93.4 Å². The van der Waals surface area contributed by atoms with Gasteiger partial charge in [0, 0.05) is 24.8 Å². The Balaban J connectivity index is 1.58. The maximum absolute atomic E-state index is 12.8. The molecule has 160 valence electrons. The van der Waals surface area contributed by atoms with E-state index >= 15 is 0 Å². The highest BCUT2D eigenvalue weighted by Crippen LogP contribution is 2.23. The molecular formula is C24H27N5O2. The van der Waals surface area contributed by atoms with E-state index in [-0.39, 0.29) is 12.2 Å². The average Bonchev–Trinajstić information content (AvgIpc) is 3.14. The van der Waals surface area contributed by atoms with Crippen molar-refractivity contribution in [1.29, 1.82) is 0 Å². The van der Waals surface area contributed by atoms with Gasteiger partial charge in [-0.2, -0.15) is 5.10 Å². The molecule has 7 heteroatoms. The van der Waals surface area contributed by atoms with Crippen molar-refractivity contribution in [3.8, 4) is 0 Å². The van der Waals surface area contributed by atoms with Crippen molar-refractivity contribution in [2.45, 2.75) is 26.6 Å². The van der Waals surface area contributed by atoms with Gasteiger partial charge in [-0.3, -0.25) is 9.89 Å². The lowest BCUT2D eigenvalue weighted by Crippen LogP contribution is -2.27. The van der Waals surface area contributed by atoms with E-state index in [0.29, 0.717) is 12.2 Å². The van der Waals surface area contributed by atoms with Gasteiger partial charge in [-0.25, -0.2) is 0 Å². The number of rotatable bonds is 8. The highest BCUT2D eigenvalue weighted by Gasteiger charge is 2.15. The number of aromatic amines is 1. The summed E-state index contributed by atoms with van der Waals surface area (Å²) in [5.74, 6) is 0. The zero-order chi connectivity index (χ0) is 21.8. The van der Waals surface area contributed by atoms with Gasteiger partial charge in [-0.05, 0) is 37.7 Å². The molecule has 7 nitrogen and oxygen atoms in total. The molecule has 0 radical (unpaired) electrons. The van der Waals surface area contributed by atoms with E-state index in [4.69, 9.17) is 4.84 Å². The van der Waals surface area contributed by atoms with Gasteiger partial charge in [-0.1, -0.05) is 54.6 Å². The van der Waals surface area contributed by atoms with Crippen molar-refractivity contribution < 1.29 is 4.84 Å². The molecule has 0 spiro atoms. The molecule has 0 unspecified atom stereocenters. The predicted octanol–water partition coefficient (Wildman–Crippen LogP) is 3.34. The molecule has 2 N–H and O–H groups in total. The first-order valence-corrected chi connectivity index (χ1v) is 10.3. The van der Waals surface area contributed by atoms with Crippen molar-refractivity contribution in [2.75, 3.05) is 19.4 Å². The minimum absolute atomic E-state index is 0.265. The first-order chi connectivity index (χ1) is 15.0. The Morgan fingerprint density at radius 2 is 1.77 bits per heavy atom. The van der Waals surface area contributed by atoms with Crippen LogP contribution in [-0.2, 0) is 19.7 Å². The van der Waals surface area contributed by atoms with Crippen molar-refractivity contribution in [1.82, 2.24) is 19.8 Å². The zero-order valence-electron chi connectivity index (χ0n) is 18.1. The van der Waals surface area contributed by atoms with Crippen LogP contribution in [-0.4, -0.2) is 33.9 Å². The van der Waals surface area contributed by atoms with Crippen LogP contribution < -0.4 is 15.7 Å². The lowest BCUT2D eigenvalue weighted by atomic mass is 10.1. The molecule has 0 aliphatic heterocycles. The van der Waals surface area contributed by atoms with Crippen molar-refractivity contribution in [2.24, 2.45) is 0 Å². The standard InChI is InChI=1S/C24H27N5O2/c1-17-23-21(25-14-19-10-7-11-20(12-19)15-28(2)3)13-22(30)29(24(23)27-26-17)31-16-18-8-5-4-6-9-18/h4-13,25H,14-16H2,1-3H3,(H,26,27). The van der Waals surface area contributed by atoms with E-state index in [1.165, 1.54) is 10.3 Å². The summed E-state index contributed by atoms with van der Waals surface area (Å²) in [7, 11) is 4.11. The Morgan fingerprint density at radius 1 is 1.03 bits per heavy atom. The molecule has 0 amide bonds. The molecule has 0 saturated heterocycles. The van der Waals surface area contributed by atoms with Crippen molar-refractivity contribution in [3.63, 3.8) is 0 Å². The third kappa shape index (κ3) is 4.78. The fourth-order valence-electron chi connectivity index (χ4n) is 3.62. The molecule has 0 aliphatic rings. The molecule has 31 heavy (non-hydrogen) atoms. The van der Waals surface area contributed by atoms with Crippen LogP contribution in [0, 0.1) is 6.92 Å². The minimum atomic E-state index is -0.265. The van der Waals surface area contributed by atoms with E-state index in [0.717, 1.165) is 34.4 Å². The first kappa shape index (κ1) is 20.7. The summed E-state index contributed by atoms with van der Waals surface area (Å²) in [6.45, 7) is 3.71. The fraction of sp³-hybridized carbons (Fsp3) is 0.250. The smallest absolute Gasteiger partial charge is 0.287 e. The van der Waals surface area contributed by atoms with Crippen LogP contribution in [0.15, 0.2) is 65.5 Å². The molecule has 0 aliphatic carbocycles. The molecule has 2 aromatic carbocycles. The maximum Gasteiger partial charge on any atom is 0.287 e. The molecule has 2 aromatic heterocycles. The van der Waals surface area contributed by atoms with Crippen LogP contribution >= 0.6 is 0 Å². The van der Waals surface area contributed by atoms with Crippen molar-refractivity contribution >= 4 is 16.7 Å². The third-order valence-electron chi connectivity index (χ3n) is 5.03. The van der Waals surface area contributed by atoms with Gasteiger partial charge < -0.3 is 15.1 Å². The largest absolute Gasteiger partial charge is 0.404 e. The summed E-state index contributed by atoms with van der Waals surface area (Å²) in [4.78, 5) is 20.8. The maximum atomic E-state index is 12.8. The quantitative estimate of drug-likeness (QED) is 0.460. The Labute approximate surface area is 181 Å². The SMILES string of the molecule is Cc1[nH]nc2c1c(NCc1cccc(CN(C)C)c1)cc(=O)n2OCc1ccccc1. The van der Waals surface area contributed by atoms with E-state index in [9.17, 15) is 4.79 Å². The van der Waals surface area contributed by atoms with Gasteiger partial charge in [0.2, 0.25) is 5.65 Å². The second kappa shape index (κ2) is 9.06. The zero-order valence-corrected chi connectivity index (χ0v) is 18.1. The lowest BCUT2D eigenvalue weighted by molar-refractivity contribution is 0.0980. The van der Waals surface area contributed by atoms with Gasteiger partial charge >= 0.3 is 0 Å². The van der Waals surface area contributed by atoms with Gasteiger partial charge in [-0.15, -0.1) is 4.73 Å². The molecule has 0 bridgehead atoms. The Kier molecular flexibility index (Phi) is 6.04. The van der Waals surface area contributed by atoms with Gasteiger partial charge in [0.05, 0.1) is 11.1 Å². The van der Waals surface area contributed by atoms with Crippen LogP contribution in [0.4, 0.5) is 5.69 Å². The van der Waals surface area contributed by atoms with Crippen LogP contribution in [0.3, 0.4) is 0 Å². The molecular weight excluding hydrogens is 390 g/mol. The molecule has 2 heterocycles. The summed E-state index contributed by atoms with van der Waals surface area (Å²) < 4.78 is 1.26. The number of pyridine rings is 1. The molecule has 0 fully saturated rings. The second-order valence-corrected chi connectivity index (χ2v) is 7.91. The summed E-state index contributed by atoms with van der Waals surface area (Å²) in [6, 6.07) is 19.7. The van der Waals surface area contributed by atoms with E-state index in [1.807, 2.05) is 37.3 Å². The Morgan fingerprint density at radius 3 is 2.55 bits per heavy atom. The van der Waals surface area contributed by atoms with Crippen LogP contribution in [0.25, 0.3) is 11.0 Å². The minimum Gasteiger partial charge on any atom is -0.404 e. The normalized spacial score (nSPS) is 11.2. The number of hydrogen-bond acceptors (Lipinski definition) is 5. The summed E-state index contributed by atoms with van der Waals surface area (Å²) in [5, 5.41) is 11.6. The summed E-state index contributed by atoms with van der Waals surface area (Å²) >= 11 is 0. The van der Waals surface area contributed by atoms with Crippen LogP contribution in [0.1, 0.15) is 22.4 Å². The molecule has 4 aromatic rings. The lowest BCUT2D eigenvalue weighted by Gasteiger charge is -2.14. The molecule has 4 rings (SSSR count). The highest BCUT2D eigenvalue weighted by atomic mass is 16.7. The summed E-state index contributed by atoms with van der Waals surface area (Å²) in [5.41, 5.74) is 5.20. The summed E-state index contributed by atoms with van der Waals surface area (Å²) in [6.07, 6.45) is 0. The monoisotopic (exact) mass is 417 g/mol. The molecule has 0 saturated carbocycles. The third-order valence-corrected chi connectivity index (χ3v) is 5.03. The predicted molar refractivity (Wildman–Crippen MR) is 123 cm³/mol. The number of aromatic nitrogens is 3. The van der Waals surface area contributed by atoms with Gasteiger partial charge in [0.15, 0.2) is 0 Å². The number of aryl methyl sites for hydroxylation is 1. The van der Waals surface area contributed by atoms with E-state index in [1.54, 1.807) is 6.07 Å². The Hall–Kier alpha value is -3.58. The second-order valence-electron chi connectivity index (χ2n) is 7.91. The number of nitrogens with one attached hydrogen (secondary N) is 2. The number of anilines is 1. The molecule has 0 atom stereocenters. The van der Waals surface area contributed by atoms with E-state index in [2.05, 4.69) is 58.8 Å². The fourth-order valence-corrected chi connectivity index (χ4v) is 3.62. The number of fused-ring (bicyclic) bond motifs is 1. The van der Waals surface area contributed by atoms with Crippen LogP contribution in [0.2, 0.25) is 0 Å². The van der Waals surface area contributed by atoms with E-state index < -0.39 is 0 Å². The van der Waals surface area contributed by atoms with Gasteiger partial charge in [0.1, 0.15) is 6.61 Å². The number of H-pyrrole nitrogens is 1. The Bertz CT molecular complexity index is 1230. The highest BCUT2D eigenvalue weighted by molar-refractivity contribution is 5.91. The number of benzene rings is 2. The topological polar surface area (TPSA) is 75.2 Å². The number of nitrogens with zero attached hydrogens (tertiary/aromatic N) is 3. The first-order valence-electron chi connectivity index (χ1n) is 10.3. The van der Waals surface area contributed by atoms with Gasteiger partial charge in [0.25, 0.3) is 5.56 Å².